The number of nitrogens with zero attached hydrogens (tertiary/aromatic N) is 3. The van der Waals surface area contributed by atoms with E-state index in [2.05, 4.69) is 0 Å². The molecule has 38 heavy (non-hydrogen) atoms. The second-order valence-electron chi connectivity index (χ2n) is 10.3. The van der Waals surface area contributed by atoms with Crippen molar-refractivity contribution in [3.63, 3.8) is 0 Å². The maximum Gasteiger partial charge on any atom is 0.324 e. The summed E-state index contributed by atoms with van der Waals surface area (Å²) in [6.45, 7) is 0.244. The van der Waals surface area contributed by atoms with Crippen molar-refractivity contribution in [3.05, 3.63) is 60.4 Å². The van der Waals surface area contributed by atoms with Crippen molar-refractivity contribution in [3.8, 4) is 0 Å². The SMILES string of the molecule is CN(C(=O)N1CCC(CC(=O)N(c2cccc(F)c2)C2CCCC(F)(F)C2)(C(=O)O)CC1)c1ccccc1. The molecule has 1 saturated carbocycles. The number of amides is 3. The van der Waals surface area contributed by atoms with Crippen LogP contribution in [0.15, 0.2) is 54.6 Å². The van der Waals surface area contributed by atoms with E-state index in [1.807, 2.05) is 18.2 Å². The molecule has 2 aromatic rings. The van der Waals surface area contributed by atoms with E-state index in [0.717, 1.165) is 6.07 Å². The van der Waals surface area contributed by atoms with Crippen molar-refractivity contribution in [1.82, 2.24) is 4.90 Å². The minimum absolute atomic E-state index is 0.0280. The van der Waals surface area contributed by atoms with Gasteiger partial charge in [0.1, 0.15) is 5.82 Å². The van der Waals surface area contributed by atoms with Gasteiger partial charge in [0.05, 0.1) is 5.41 Å². The van der Waals surface area contributed by atoms with Gasteiger partial charge in [-0.3, -0.25) is 14.5 Å². The first-order valence-electron chi connectivity index (χ1n) is 12.8. The number of hydrogen-bond acceptors (Lipinski definition) is 3. The van der Waals surface area contributed by atoms with Crippen LogP contribution in [0.2, 0.25) is 0 Å². The highest BCUT2D eigenvalue weighted by molar-refractivity contribution is 5.97. The van der Waals surface area contributed by atoms with Crippen molar-refractivity contribution in [2.24, 2.45) is 5.41 Å². The molecular weight excluding hydrogens is 499 g/mol. The fraction of sp³-hybridized carbons (Fsp3) is 0.464. The summed E-state index contributed by atoms with van der Waals surface area (Å²) in [6, 6.07) is 13.0. The van der Waals surface area contributed by atoms with E-state index in [-0.39, 0.29) is 50.5 Å². The summed E-state index contributed by atoms with van der Waals surface area (Å²) in [5.41, 5.74) is -0.643. The van der Waals surface area contributed by atoms with E-state index in [4.69, 9.17) is 0 Å². The van der Waals surface area contributed by atoms with Gasteiger partial charge in [-0.2, -0.15) is 0 Å². The third-order valence-electron chi connectivity index (χ3n) is 7.70. The van der Waals surface area contributed by atoms with Gasteiger partial charge < -0.3 is 14.9 Å². The first-order valence-corrected chi connectivity index (χ1v) is 12.8. The summed E-state index contributed by atoms with van der Waals surface area (Å²) in [5, 5.41) is 10.2. The molecular formula is C28H32F3N3O4. The molecule has 3 amide bonds. The molecule has 4 rings (SSSR count). The number of likely N-dealkylation sites (tertiary alicyclic amines) is 1. The number of carbonyl (C=O) groups excluding carboxylic acids is 2. The normalized spacial score (nSPS) is 20.4. The first kappa shape index (κ1) is 27.5. The standard InChI is InChI=1S/C28H32F3N3O4/c1-32(21-8-3-2-4-9-21)26(38)33-15-13-27(14-16-33,25(36)37)19-24(35)34(22-10-5-7-20(29)17-22)23-11-6-12-28(30,31)18-23/h2-5,7-10,17,23H,6,11-16,18-19H2,1H3,(H,36,37). The molecule has 0 radical (unpaired) electrons. The lowest BCUT2D eigenvalue weighted by Gasteiger charge is -2.42. The van der Waals surface area contributed by atoms with Crippen LogP contribution in [0.5, 0.6) is 0 Å². The fourth-order valence-electron chi connectivity index (χ4n) is 5.49. The summed E-state index contributed by atoms with van der Waals surface area (Å²) in [7, 11) is 1.64. The average molecular weight is 532 g/mol. The highest BCUT2D eigenvalue weighted by atomic mass is 19.3. The maximum absolute atomic E-state index is 14.3. The number of carboxylic acid groups (broad SMARTS) is 1. The van der Waals surface area contributed by atoms with E-state index >= 15 is 0 Å². The monoisotopic (exact) mass is 531 g/mol. The van der Waals surface area contributed by atoms with Crippen LogP contribution in [0, 0.1) is 11.2 Å². The van der Waals surface area contributed by atoms with Crippen molar-refractivity contribution in [1.29, 1.82) is 0 Å². The number of urea groups is 1. The summed E-state index contributed by atoms with van der Waals surface area (Å²) in [4.78, 5) is 43.3. The van der Waals surface area contributed by atoms with Gasteiger partial charge in [-0.25, -0.2) is 18.0 Å². The Morgan fingerprint density at radius 1 is 1.00 bits per heavy atom. The highest BCUT2D eigenvalue weighted by Gasteiger charge is 2.47. The topological polar surface area (TPSA) is 81.2 Å². The smallest absolute Gasteiger partial charge is 0.324 e. The molecule has 2 aromatic carbocycles. The van der Waals surface area contributed by atoms with Gasteiger partial charge in [-0.05, 0) is 56.0 Å². The van der Waals surface area contributed by atoms with Crippen molar-refractivity contribution >= 4 is 29.3 Å². The van der Waals surface area contributed by atoms with Crippen LogP contribution in [-0.2, 0) is 9.59 Å². The number of carbonyl (C=O) groups is 3. The van der Waals surface area contributed by atoms with Crippen LogP contribution in [0.25, 0.3) is 0 Å². The molecule has 2 aliphatic rings. The molecule has 1 atom stereocenters. The predicted molar refractivity (Wildman–Crippen MR) is 137 cm³/mol. The second kappa shape index (κ2) is 11.0. The van der Waals surface area contributed by atoms with Crippen molar-refractivity contribution < 1.29 is 32.7 Å². The number of anilines is 2. The molecule has 0 aromatic heterocycles. The minimum atomic E-state index is -2.96. The van der Waals surface area contributed by atoms with E-state index < -0.39 is 47.9 Å². The van der Waals surface area contributed by atoms with Gasteiger partial charge in [-0.15, -0.1) is 0 Å². The fourth-order valence-corrected chi connectivity index (χ4v) is 5.49. The zero-order valence-electron chi connectivity index (χ0n) is 21.3. The number of alkyl halides is 2. The van der Waals surface area contributed by atoms with Gasteiger partial charge in [-0.1, -0.05) is 24.3 Å². The molecule has 10 heteroatoms. The van der Waals surface area contributed by atoms with E-state index in [0.29, 0.717) is 12.1 Å². The zero-order chi connectivity index (χ0) is 27.5. The first-order chi connectivity index (χ1) is 18.0. The molecule has 2 fully saturated rings. The van der Waals surface area contributed by atoms with Crippen molar-refractivity contribution in [2.45, 2.75) is 56.9 Å². The van der Waals surface area contributed by atoms with Crippen molar-refractivity contribution in [2.75, 3.05) is 29.9 Å². The van der Waals surface area contributed by atoms with Gasteiger partial charge in [0.2, 0.25) is 11.8 Å². The Morgan fingerprint density at radius 3 is 2.26 bits per heavy atom. The summed E-state index contributed by atoms with van der Waals surface area (Å²) in [6.07, 6.45) is -0.713. The van der Waals surface area contributed by atoms with E-state index in [9.17, 15) is 32.7 Å². The number of halogens is 3. The Hall–Kier alpha value is -3.56. The number of piperidine rings is 1. The van der Waals surface area contributed by atoms with Gasteiger partial charge in [0.15, 0.2) is 0 Å². The third-order valence-corrected chi connectivity index (χ3v) is 7.70. The average Bonchev–Trinajstić information content (AvgIpc) is 2.88. The van der Waals surface area contributed by atoms with Crippen LogP contribution in [0.1, 0.15) is 44.9 Å². The zero-order valence-corrected chi connectivity index (χ0v) is 21.3. The van der Waals surface area contributed by atoms with Gasteiger partial charge >= 0.3 is 12.0 Å². The molecule has 1 N–H and O–H groups in total. The minimum Gasteiger partial charge on any atom is -0.481 e. The maximum atomic E-state index is 14.3. The van der Waals surface area contributed by atoms with Gasteiger partial charge in [0, 0.05) is 56.8 Å². The van der Waals surface area contributed by atoms with Crippen LogP contribution >= 0.6 is 0 Å². The summed E-state index contributed by atoms with van der Waals surface area (Å²) < 4.78 is 42.6. The molecule has 0 spiro atoms. The number of rotatable bonds is 6. The number of carboxylic acids is 1. The van der Waals surface area contributed by atoms with Crippen LogP contribution < -0.4 is 9.80 Å². The molecule has 0 bridgehead atoms. The largest absolute Gasteiger partial charge is 0.481 e. The lowest BCUT2D eigenvalue weighted by molar-refractivity contribution is -0.154. The second-order valence-corrected chi connectivity index (χ2v) is 10.3. The Labute approximate surface area is 219 Å². The quantitative estimate of drug-likeness (QED) is 0.530. The Kier molecular flexibility index (Phi) is 7.99. The van der Waals surface area contributed by atoms with Crippen LogP contribution in [0.3, 0.4) is 0 Å². The lowest BCUT2D eigenvalue weighted by atomic mass is 9.75. The summed E-state index contributed by atoms with van der Waals surface area (Å²) in [5.74, 6) is -5.40. The molecule has 7 nitrogen and oxygen atoms in total. The molecule has 1 saturated heterocycles. The third kappa shape index (κ3) is 5.95. The molecule has 1 unspecified atom stereocenters. The Bertz CT molecular complexity index is 1170. The molecule has 1 aliphatic carbocycles. The highest BCUT2D eigenvalue weighted by Crippen LogP contribution is 2.41. The molecule has 1 aliphatic heterocycles. The van der Waals surface area contributed by atoms with E-state index in [1.54, 1.807) is 24.1 Å². The number of para-hydroxylation sites is 1. The number of benzene rings is 2. The number of aliphatic carboxylic acids is 1. The lowest BCUT2D eigenvalue weighted by Crippen LogP contribution is -2.53. The Morgan fingerprint density at radius 2 is 1.66 bits per heavy atom. The van der Waals surface area contributed by atoms with Crippen LogP contribution in [0.4, 0.5) is 29.3 Å². The molecule has 204 valence electrons. The Balaban J connectivity index is 1.52. The predicted octanol–water partition coefficient (Wildman–Crippen LogP) is 5.55. The summed E-state index contributed by atoms with van der Waals surface area (Å²) >= 11 is 0. The number of hydrogen-bond donors (Lipinski definition) is 1. The van der Waals surface area contributed by atoms with E-state index in [1.165, 1.54) is 28.0 Å². The van der Waals surface area contributed by atoms with Crippen LogP contribution in [-0.4, -0.2) is 60.0 Å². The van der Waals surface area contributed by atoms with Gasteiger partial charge in [0.25, 0.3) is 0 Å². The molecule has 1 heterocycles.